The van der Waals surface area contributed by atoms with Gasteiger partial charge < -0.3 is 9.47 Å². The van der Waals surface area contributed by atoms with Crippen LogP contribution in [0, 0.1) is 5.41 Å². The Labute approximate surface area is 122 Å². The van der Waals surface area contributed by atoms with Gasteiger partial charge in [-0.3, -0.25) is 5.32 Å². The fourth-order valence-electron chi connectivity index (χ4n) is 2.21. The van der Waals surface area contributed by atoms with Crippen molar-refractivity contribution in [3.63, 3.8) is 0 Å². The van der Waals surface area contributed by atoms with E-state index in [0.29, 0.717) is 0 Å². The molecular formula is C15H24ClNO2. The molecule has 1 aliphatic heterocycles. The SMILES string of the molecule is COc1ccccc1CC1(C)NCC(C)(C)CO1.Cl. The summed E-state index contributed by atoms with van der Waals surface area (Å²) in [6.07, 6.45) is 0.813. The molecule has 1 unspecified atom stereocenters. The smallest absolute Gasteiger partial charge is 0.122 e. The van der Waals surface area contributed by atoms with E-state index in [9.17, 15) is 0 Å². The molecule has 1 saturated heterocycles. The lowest BCUT2D eigenvalue weighted by Gasteiger charge is -2.42. The van der Waals surface area contributed by atoms with Crippen LogP contribution < -0.4 is 10.1 Å². The molecular weight excluding hydrogens is 262 g/mol. The molecule has 0 radical (unpaired) electrons. The highest BCUT2D eigenvalue weighted by Crippen LogP contribution is 2.29. The van der Waals surface area contributed by atoms with E-state index in [2.05, 4.69) is 32.2 Å². The Morgan fingerprint density at radius 1 is 1.26 bits per heavy atom. The first-order valence-corrected chi connectivity index (χ1v) is 6.45. The molecule has 19 heavy (non-hydrogen) atoms. The van der Waals surface area contributed by atoms with E-state index in [0.717, 1.165) is 25.3 Å². The van der Waals surface area contributed by atoms with E-state index in [1.54, 1.807) is 7.11 Å². The third-order valence-electron chi connectivity index (χ3n) is 3.44. The highest BCUT2D eigenvalue weighted by molar-refractivity contribution is 5.85. The first-order chi connectivity index (χ1) is 8.44. The minimum atomic E-state index is -0.301. The van der Waals surface area contributed by atoms with Crippen molar-refractivity contribution in [3.05, 3.63) is 29.8 Å². The maximum Gasteiger partial charge on any atom is 0.122 e. The van der Waals surface area contributed by atoms with Gasteiger partial charge in [0, 0.05) is 18.4 Å². The van der Waals surface area contributed by atoms with Crippen LogP contribution in [0.5, 0.6) is 5.75 Å². The lowest BCUT2D eigenvalue weighted by atomic mass is 9.90. The third-order valence-corrected chi connectivity index (χ3v) is 3.44. The first kappa shape index (κ1) is 16.3. The average Bonchev–Trinajstić information content (AvgIpc) is 2.34. The summed E-state index contributed by atoms with van der Waals surface area (Å²) in [6.45, 7) is 8.28. The zero-order valence-electron chi connectivity index (χ0n) is 12.2. The molecule has 1 heterocycles. The van der Waals surface area contributed by atoms with Crippen LogP contribution in [0.2, 0.25) is 0 Å². The average molecular weight is 286 g/mol. The number of hydrogen-bond acceptors (Lipinski definition) is 3. The largest absolute Gasteiger partial charge is 0.496 e. The van der Waals surface area contributed by atoms with Gasteiger partial charge in [-0.05, 0) is 18.6 Å². The number of ether oxygens (including phenoxy) is 2. The highest BCUT2D eigenvalue weighted by atomic mass is 35.5. The number of hydrogen-bond donors (Lipinski definition) is 1. The molecule has 108 valence electrons. The van der Waals surface area contributed by atoms with E-state index >= 15 is 0 Å². The maximum atomic E-state index is 6.02. The Morgan fingerprint density at radius 3 is 2.53 bits per heavy atom. The second-order valence-corrected chi connectivity index (χ2v) is 6.03. The molecule has 4 heteroatoms. The molecule has 0 saturated carbocycles. The molecule has 1 aliphatic rings. The number of nitrogens with one attached hydrogen (secondary N) is 1. The van der Waals surface area contributed by atoms with Gasteiger partial charge >= 0.3 is 0 Å². The quantitative estimate of drug-likeness (QED) is 0.926. The normalized spacial score (nSPS) is 25.5. The number of methoxy groups -OCH3 is 1. The molecule has 1 N–H and O–H groups in total. The van der Waals surface area contributed by atoms with Gasteiger partial charge in [-0.2, -0.15) is 0 Å². The van der Waals surface area contributed by atoms with Crippen LogP contribution in [0.25, 0.3) is 0 Å². The Balaban J connectivity index is 0.00000180. The van der Waals surface area contributed by atoms with Gasteiger partial charge in [-0.15, -0.1) is 12.4 Å². The topological polar surface area (TPSA) is 30.5 Å². The molecule has 3 nitrogen and oxygen atoms in total. The molecule has 1 atom stereocenters. The number of halogens is 1. The highest BCUT2D eigenvalue weighted by Gasteiger charge is 2.35. The summed E-state index contributed by atoms with van der Waals surface area (Å²) < 4.78 is 11.4. The van der Waals surface area contributed by atoms with Crippen molar-refractivity contribution in [3.8, 4) is 5.75 Å². The van der Waals surface area contributed by atoms with Gasteiger partial charge in [-0.1, -0.05) is 32.0 Å². The predicted octanol–water partition coefficient (Wildman–Crippen LogP) is 3.02. The molecule has 2 rings (SSSR count). The number of rotatable bonds is 3. The van der Waals surface area contributed by atoms with Crippen LogP contribution in [-0.2, 0) is 11.2 Å². The molecule has 1 fully saturated rings. The van der Waals surface area contributed by atoms with Gasteiger partial charge in [0.15, 0.2) is 0 Å². The molecule has 0 aliphatic carbocycles. The lowest BCUT2D eigenvalue weighted by Crippen LogP contribution is -2.56. The molecule has 0 aromatic heterocycles. The zero-order chi connectivity index (χ0) is 13.2. The fourth-order valence-corrected chi connectivity index (χ4v) is 2.21. The van der Waals surface area contributed by atoms with Crippen molar-refractivity contribution < 1.29 is 9.47 Å². The van der Waals surface area contributed by atoms with E-state index in [-0.39, 0.29) is 23.5 Å². The van der Waals surface area contributed by atoms with Gasteiger partial charge in [0.25, 0.3) is 0 Å². The molecule has 0 amide bonds. The van der Waals surface area contributed by atoms with Crippen molar-refractivity contribution >= 4 is 12.4 Å². The fraction of sp³-hybridized carbons (Fsp3) is 0.600. The predicted molar refractivity (Wildman–Crippen MR) is 80.1 cm³/mol. The maximum absolute atomic E-state index is 6.02. The van der Waals surface area contributed by atoms with Crippen LogP contribution in [0.4, 0.5) is 0 Å². The number of para-hydroxylation sites is 1. The zero-order valence-corrected chi connectivity index (χ0v) is 13.0. The van der Waals surface area contributed by atoms with Crippen LogP contribution in [0.15, 0.2) is 24.3 Å². The second kappa shape index (κ2) is 6.12. The van der Waals surface area contributed by atoms with Gasteiger partial charge in [0.2, 0.25) is 0 Å². The van der Waals surface area contributed by atoms with E-state index in [1.807, 2.05) is 18.2 Å². The second-order valence-electron chi connectivity index (χ2n) is 6.03. The summed E-state index contributed by atoms with van der Waals surface area (Å²) in [5.74, 6) is 0.925. The summed E-state index contributed by atoms with van der Waals surface area (Å²) in [6, 6.07) is 8.11. The van der Waals surface area contributed by atoms with Crippen LogP contribution in [0.3, 0.4) is 0 Å². The summed E-state index contributed by atoms with van der Waals surface area (Å²) in [5, 5.41) is 3.51. The standard InChI is InChI=1S/C15H23NO2.ClH/c1-14(2)10-16-15(3,18-11-14)9-12-7-5-6-8-13(12)17-4;/h5-8,16H,9-11H2,1-4H3;1H. The van der Waals surface area contributed by atoms with Crippen molar-refractivity contribution in [2.45, 2.75) is 32.9 Å². The molecule has 1 aromatic rings. The molecule has 0 bridgehead atoms. The van der Waals surface area contributed by atoms with E-state index in [1.165, 1.54) is 5.56 Å². The van der Waals surface area contributed by atoms with Crippen molar-refractivity contribution in [1.82, 2.24) is 5.32 Å². The van der Waals surface area contributed by atoms with Gasteiger partial charge in [0.05, 0.1) is 13.7 Å². The minimum absolute atomic E-state index is 0. The van der Waals surface area contributed by atoms with Crippen molar-refractivity contribution in [2.75, 3.05) is 20.3 Å². The van der Waals surface area contributed by atoms with Crippen LogP contribution in [0.1, 0.15) is 26.3 Å². The summed E-state index contributed by atoms with van der Waals surface area (Å²) >= 11 is 0. The monoisotopic (exact) mass is 285 g/mol. The Bertz CT molecular complexity index is 410. The van der Waals surface area contributed by atoms with Crippen molar-refractivity contribution in [1.29, 1.82) is 0 Å². The number of benzene rings is 1. The Hall–Kier alpha value is -0.770. The summed E-state index contributed by atoms with van der Waals surface area (Å²) in [7, 11) is 1.71. The third kappa shape index (κ3) is 4.10. The van der Waals surface area contributed by atoms with Crippen LogP contribution in [-0.4, -0.2) is 26.0 Å². The van der Waals surface area contributed by atoms with E-state index < -0.39 is 0 Å². The summed E-state index contributed by atoms with van der Waals surface area (Å²) in [4.78, 5) is 0. The Kier molecular flexibility index (Phi) is 5.25. The minimum Gasteiger partial charge on any atom is -0.496 e. The van der Waals surface area contributed by atoms with E-state index in [4.69, 9.17) is 9.47 Å². The first-order valence-electron chi connectivity index (χ1n) is 6.45. The van der Waals surface area contributed by atoms with Crippen LogP contribution >= 0.6 is 12.4 Å². The van der Waals surface area contributed by atoms with Gasteiger partial charge in [0.1, 0.15) is 11.5 Å². The van der Waals surface area contributed by atoms with Crippen molar-refractivity contribution in [2.24, 2.45) is 5.41 Å². The summed E-state index contributed by atoms with van der Waals surface area (Å²) in [5.41, 5.74) is 1.08. The molecule has 0 spiro atoms. The molecule has 1 aromatic carbocycles. The lowest BCUT2D eigenvalue weighted by molar-refractivity contribution is -0.125. The van der Waals surface area contributed by atoms with Gasteiger partial charge in [-0.25, -0.2) is 0 Å². The Morgan fingerprint density at radius 2 is 1.95 bits per heavy atom.